The Kier molecular flexibility index (Phi) is 3.27. The molecule has 3 N–H and O–H groups in total. The molecule has 1 unspecified atom stereocenters. The van der Waals surface area contributed by atoms with Gasteiger partial charge < -0.3 is 15.4 Å². The first kappa shape index (κ1) is 10.0. The van der Waals surface area contributed by atoms with Crippen molar-refractivity contribution in [1.29, 1.82) is 0 Å². The van der Waals surface area contributed by atoms with Gasteiger partial charge in [0.1, 0.15) is 5.02 Å². The van der Waals surface area contributed by atoms with Crippen LogP contribution in [0.5, 0.6) is 0 Å². The summed E-state index contributed by atoms with van der Waals surface area (Å²) in [5, 5.41) is 11.7. The zero-order valence-electron chi connectivity index (χ0n) is 7.04. The molecule has 0 aromatic carbocycles. The minimum Gasteiger partial charge on any atom is -0.392 e. The van der Waals surface area contributed by atoms with Gasteiger partial charge >= 0.3 is 0 Å². The Balaban J connectivity index is 2.77. The van der Waals surface area contributed by atoms with E-state index in [0.29, 0.717) is 6.54 Å². The quantitative estimate of drug-likeness (QED) is 0.657. The van der Waals surface area contributed by atoms with E-state index in [0.717, 1.165) is 0 Å². The summed E-state index contributed by atoms with van der Waals surface area (Å²) in [6, 6.07) is 0. The van der Waals surface area contributed by atoms with Gasteiger partial charge in [0, 0.05) is 6.54 Å². The molecule has 1 aromatic rings. The largest absolute Gasteiger partial charge is 0.392 e. The molecule has 72 valence electrons. The van der Waals surface area contributed by atoms with Crippen LogP contribution in [0.2, 0.25) is 5.02 Å². The van der Waals surface area contributed by atoms with E-state index in [1.165, 1.54) is 6.33 Å². The average Bonchev–Trinajstić information content (AvgIpc) is 2.07. The summed E-state index contributed by atoms with van der Waals surface area (Å²) >= 11 is 5.63. The van der Waals surface area contributed by atoms with E-state index in [9.17, 15) is 4.79 Å². The number of nitrogens with zero attached hydrogens (tertiary/aromatic N) is 1. The molecule has 0 amide bonds. The number of nitrogens with one attached hydrogen (secondary N) is 2. The number of halogens is 1. The highest BCUT2D eigenvalue weighted by atomic mass is 35.5. The van der Waals surface area contributed by atoms with Crippen LogP contribution in [0.4, 0.5) is 5.82 Å². The van der Waals surface area contributed by atoms with Crippen LogP contribution >= 0.6 is 11.6 Å². The summed E-state index contributed by atoms with van der Waals surface area (Å²) in [6.45, 7) is 1.92. The highest BCUT2D eigenvalue weighted by Gasteiger charge is 2.05. The van der Waals surface area contributed by atoms with Crippen molar-refractivity contribution >= 4 is 17.4 Å². The Labute approximate surface area is 79.8 Å². The molecular weight excluding hydrogens is 194 g/mol. The first-order valence-electron chi connectivity index (χ1n) is 3.76. The van der Waals surface area contributed by atoms with Gasteiger partial charge in [-0.05, 0) is 6.92 Å². The second-order valence-corrected chi connectivity index (χ2v) is 3.00. The zero-order chi connectivity index (χ0) is 9.84. The number of aromatic nitrogens is 2. The maximum absolute atomic E-state index is 11.0. The first-order valence-corrected chi connectivity index (χ1v) is 4.14. The lowest BCUT2D eigenvalue weighted by atomic mass is 10.4. The number of anilines is 1. The number of aliphatic hydroxyl groups is 1. The van der Waals surface area contributed by atoms with Crippen molar-refractivity contribution < 1.29 is 5.11 Å². The molecule has 0 radical (unpaired) electrons. The molecule has 6 heteroatoms. The molecule has 1 heterocycles. The lowest BCUT2D eigenvalue weighted by molar-refractivity contribution is 0.208. The van der Waals surface area contributed by atoms with Gasteiger partial charge in [-0.15, -0.1) is 0 Å². The molecule has 5 nitrogen and oxygen atoms in total. The summed E-state index contributed by atoms with van der Waals surface area (Å²) in [6.07, 6.45) is 0.732. The fraction of sp³-hybridized carbons (Fsp3) is 0.429. The smallest absolute Gasteiger partial charge is 0.271 e. The standard InChI is InChI=1S/C7H10ClN3O2/c1-4(12)2-9-6-5(8)7(13)11-3-10-6/h3-4,12H,2H2,1H3,(H2,9,10,11,13). The van der Waals surface area contributed by atoms with Gasteiger partial charge in [-0.3, -0.25) is 4.79 Å². The van der Waals surface area contributed by atoms with Crippen LogP contribution in [-0.4, -0.2) is 27.7 Å². The van der Waals surface area contributed by atoms with Crippen molar-refractivity contribution in [2.75, 3.05) is 11.9 Å². The normalized spacial score (nSPS) is 12.5. The van der Waals surface area contributed by atoms with Crippen LogP contribution < -0.4 is 10.9 Å². The van der Waals surface area contributed by atoms with Crippen LogP contribution in [0, 0.1) is 0 Å². The van der Waals surface area contributed by atoms with Gasteiger partial charge in [-0.2, -0.15) is 0 Å². The van der Waals surface area contributed by atoms with Crippen molar-refractivity contribution in [2.45, 2.75) is 13.0 Å². The molecule has 13 heavy (non-hydrogen) atoms. The molecule has 1 aromatic heterocycles. The number of aliphatic hydroxyl groups excluding tert-OH is 1. The molecule has 0 aliphatic rings. The monoisotopic (exact) mass is 203 g/mol. The Morgan fingerprint density at radius 3 is 3.15 bits per heavy atom. The lowest BCUT2D eigenvalue weighted by Crippen LogP contribution is -2.18. The first-order chi connectivity index (χ1) is 6.11. The third-order valence-electron chi connectivity index (χ3n) is 1.36. The number of aromatic amines is 1. The number of H-pyrrole nitrogens is 1. The Morgan fingerprint density at radius 1 is 1.85 bits per heavy atom. The van der Waals surface area contributed by atoms with E-state index in [1.54, 1.807) is 6.92 Å². The van der Waals surface area contributed by atoms with E-state index >= 15 is 0 Å². The van der Waals surface area contributed by atoms with Gasteiger partial charge in [0.2, 0.25) is 0 Å². The number of hydrogen-bond acceptors (Lipinski definition) is 4. The molecule has 0 aliphatic heterocycles. The summed E-state index contributed by atoms with van der Waals surface area (Å²) in [4.78, 5) is 17.1. The lowest BCUT2D eigenvalue weighted by Gasteiger charge is -2.07. The minimum absolute atomic E-state index is 0.00292. The van der Waals surface area contributed by atoms with Crippen LogP contribution in [0.1, 0.15) is 6.92 Å². The van der Waals surface area contributed by atoms with E-state index in [4.69, 9.17) is 16.7 Å². The summed E-state index contributed by atoms with van der Waals surface area (Å²) in [5.41, 5.74) is -0.398. The molecule has 0 bridgehead atoms. The SMILES string of the molecule is CC(O)CNc1nc[nH]c(=O)c1Cl. The fourth-order valence-corrected chi connectivity index (χ4v) is 0.921. The van der Waals surface area contributed by atoms with Gasteiger partial charge in [0.25, 0.3) is 5.56 Å². The third-order valence-corrected chi connectivity index (χ3v) is 1.71. The summed E-state index contributed by atoms with van der Waals surface area (Å²) in [5.74, 6) is 0.284. The van der Waals surface area contributed by atoms with Crippen LogP contribution in [0.3, 0.4) is 0 Å². The second-order valence-electron chi connectivity index (χ2n) is 2.62. The van der Waals surface area contributed by atoms with Gasteiger partial charge in [-0.1, -0.05) is 11.6 Å². The van der Waals surface area contributed by atoms with Gasteiger partial charge in [0.05, 0.1) is 12.4 Å². The highest BCUT2D eigenvalue weighted by Crippen LogP contribution is 2.11. The second kappa shape index (κ2) is 4.25. The Morgan fingerprint density at radius 2 is 2.54 bits per heavy atom. The molecule has 0 fully saturated rings. The average molecular weight is 204 g/mol. The predicted octanol–water partition coefficient (Wildman–Crippen LogP) is 0.216. The molecule has 1 atom stereocenters. The minimum atomic E-state index is -0.517. The van der Waals surface area contributed by atoms with Crippen LogP contribution in [0.15, 0.2) is 11.1 Å². The number of hydrogen-bond donors (Lipinski definition) is 3. The van der Waals surface area contributed by atoms with Gasteiger partial charge in [0.15, 0.2) is 5.82 Å². The van der Waals surface area contributed by atoms with Crippen molar-refractivity contribution in [3.63, 3.8) is 0 Å². The van der Waals surface area contributed by atoms with Crippen molar-refractivity contribution in [3.05, 3.63) is 21.7 Å². The number of rotatable bonds is 3. The van der Waals surface area contributed by atoms with Crippen LogP contribution in [0.25, 0.3) is 0 Å². The predicted molar refractivity (Wildman–Crippen MR) is 50.0 cm³/mol. The van der Waals surface area contributed by atoms with Crippen molar-refractivity contribution in [3.8, 4) is 0 Å². The fourth-order valence-electron chi connectivity index (χ4n) is 0.751. The van der Waals surface area contributed by atoms with E-state index in [-0.39, 0.29) is 10.8 Å². The Hall–Kier alpha value is -1.07. The van der Waals surface area contributed by atoms with E-state index in [2.05, 4.69) is 15.3 Å². The molecule has 0 spiro atoms. The summed E-state index contributed by atoms with van der Waals surface area (Å²) < 4.78 is 0. The third kappa shape index (κ3) is 2.71. The van der Waals surface area contributed by atoms with Gasteiger partial charge in [-0.25, -0.2) is 4.98 Å². The maximum atomic E-state index is 11.0. The van der Waals surface area contributed by atoms with Crippen molar-refractivity contribution in [1.82, 2.24) is 9.97 Å². The molecular formula is C7H10ClN3O2. The molecule has 0 saturated heterocycles. The van der Waals surface area contributed by atoms with Crippen LogP contribution in [-0.2, 0) is 0 Å². The maximum Gasteiger partial charge on any atom is 0.271 e. The van der Waals surface area contributed by atoms with Crippen molar-refractivity contribution in [2.24, 2.45) is 0 Å². The topological polar surface area (TPSA) is 78.0 Å². The molecule has 0 aliphatic carbocycles. The summed E-state index contributed by atoms with van der Waals surface area (Å²) in [7, 11) is 0. The molecule has 0 saturated carbocycles. The zero-order valence-corrected chi connectivity index (χ0v) is 7.80. The Bertz CT molecular complexity index is 337. The highest BCUT2D eigenvalue weighted by molar-refractivity contribution is 6.32. The van der Waals surface area contributed by atoms with E-state index < -0.39 is 11.7 Å². The van der Waals surface area contributed by atoms with E-state index in [1.807, 2.05) is 0 Å². The molecule has 1 rings (SSSR count).